The lowest BCUT2D eigenvalue weighted by molar-refractivity contribution is 0.0998. The molecule has 0 heterocycles. The summed E-state index contributed by atoms with van der Waals surface area (Å²) in [5.41, 5.74) is 5.60. The summed E-state index contributed by atoms with van der Waals surface area (Å²) in [6, 6.07) is 6.71. The second-order valence-electron chi connectivity index (χ2n) is 3.45. The minimum absolute atomic E-state index is 0.438. The summed E-state index contributed by atoms with van der Waals surface area (Å²) in [4.78, 5) is 10.8. The third-order valence-electron chi connectivity index (χ3n) is 2.13. The van der Waals surface area contributed by atoms with Crippen LogP contribution in [0.3, 0.4) is 0 Å². The van der Waals surface area contributed by atoms with Gasteiger partial charge in [-0.25, -0.2) is 0 Å². The van der Waals surface area contributed by atoms with Crippen LogP contribution in [-0.2, 0) is 4.74 Å². The maximum atomic E-state index is 10.8. The Bertz CT molecular complexity index is 338. The van der Waals surface area contributed by atoms with Gasteiger partial charge in [-0.2, -0.15) is 0 Å². The number of nitrogens with one attached hydrogen (secondary N) is 1. The van der Waals surface area contributed by atoms with Crippen LogP contribution in [0.4, 0.5) is 0 Å². The molecule has 94 valence electrons. The standard InChI is InChI=1S/C12H18N2O3/c1-14-6-7-16-8-9-17-11-4-2-10(3-5-11)12(13)15/h2-5,14H,6-9H2,1H3,(H2,13,15). The topological polar surface area (TPSA) is 73.6 Å². The Balaban J connectivity index is 2.21. The molecule has 0 aliphatic rings. The number of benzene rings is 1. The molecule has 0 saturated carbocycles. The number of nitrogens with two attached hydrogens (primary N) is 1. The molecule has 1 aromatic rings. The molecule has 1 rings (SSSR count). The summed E-state index contributed by atoms with van der Waals surface area (Å²) in [6.45, 7) is 2.52. The second-order valence-corrected chi connectivity index (χ2v) is 3.45. The van der Waals surface area contributed by atoms with E-state index in [1.807, 2.05) is 7.05 Å². The van der Waals surface area contributed by atoms with E-state index in [0.29, 0.717) is 31.1 Å². The highest BCUT2D eigenvalue weighted by molar-refractivity contribution is 5.92. The number of amides is 1. The molecule has 5 heteroatoms. The molecule has 0 aromatic heterocycles. The number of carbonyl (C=O) groups excluding carboxylic acids is 1. The highest BCUT2D eigenvalue weighted by Crippen LogP contribution is 2.11. The molecule has 0 spiro atoms. The lowest BCUT2D eigenvalue weighted by atomic mass is 10.2. The fourth-order valence-corrected chi connectivity index (χ4v) is 1.21. The van der Waals surface area contributed by atoms with Crippen LogP contribution >= 0.6 is 0 Å². The van der Waals surface area contributed by atoms with Crippen molar-refractivity contribution < 1.29 is 14.3 Å². The molecule has 0 radical (unpaired) electrons. The van der Waals surface area contributed by atoms with E-state index >= 15 is 0 Å². The summed E-state index contributed by atoms with van der Waals surface area (Å²) in [7, 11) is 1.88. The van der Waals surface area contributed by atoms with Gasteiger partial charge in [0.05, 0.1) is 13.2 Å². The first kappa shape index (κ1) is 13.5. The van der Waals surface area contributed by atoms with Crippen molar-refractivity contribution in [2.24, 2.45) is 5.73 Å². The third-order valence-corrected chi connectivity index (χ3v) is 2.13. The number of rotatable bonds is 8. The van der Waals surface area contributed by atoms with E-state index in [-0.39, 0.29) is 0 Å². The zero-order valence-corrected chi connectivity index (χ0v) is 9.94. The van der Waals surface area contributed by atoms with Crippen LogP contribution in [0.15, 0.2) is 24.3 Å². The largest absolute Gasteiger partial charge is 0.491 e. The molecule has 0 saturated heterocycles. The molecule has 0 atom stereocenters. The van der Waals surface area contributed by atoms with Crippen molar-refractivity contribution in [2.75, 3.05) is 33.4 Å². The summed E-state index contributed by atoms with van der Waals surface area (Å²) < 4.78 is 10.7. The van der Waals surface area contributed by atoms with Crippen LogP contribution in [-0.4, -0.2) is 39.3 Å². The van der Waals surface area contributed by atoms with E-state index in [1.54, 1.807) is 24.3 Å². The van der Waals surface area contributed by atoms with Crippen molar-refractivity contribution in [2.45, 2.75) is 0 Å². The van der Waals surface area contributed by atoms with Gasteiger partial charge in [0, 0.05) is 12.1 Å². The predicted molar refractivity (Wildman–Crippen MR) is 65.2 cm³/mol. The van der Waals surface area contributed by atoms with Gasteiger partial charge < -0.3 is 20.5 Å². The lowest BCUT2D eigenvalue weighted by Gasteiger charge is -2.07. The van der Waals surface area contributed by atoms with E-state index in [9.17, 15) is 4.79 Å². The van der Waals surface area contributed by atoms with Crippen molar-refractivity contribution in [3.8, 4) is 5.75 Å². The van der Waals surface area contributed by atoms with Crippen molar-refractivity contribution in [3.05, 3.63) is 29.8 Å². The highest BCUT2D eigenvalue weighted by atomic mass is 16.5. The Morgan fingerprint density at radius 3 is 2.53 bits per heavy atom. The fourth-order valence-electron chi connectivity index (χ4n) is 1.21. The average molecular weight is 238 g/mol. The van der Waals surface area contributed by atoms with Crippen LogP contribution < -0.4 is 15.8 Å². The van der Waals surface area contributed by atoms with Gasteiger partial charge in [-0.05, 0) is 31.3 Å². The predicted octanol–water partition coefficient (Wildman–Crippen LogP) is 0.400. The first-order valence-electron chi connectivity index (χ1n) is 5.49. The smallest absolute Gasteiger partial charge is 0.248 e. The summed E-state index contributed by atoms with van der Waals surface area (Å²) >= 11 is 0. The van der Waals surface area contributed by atoms with Gasteiger partial charge in [-0.15, -0.1) is 0 Å². The van der Waals surface area contributed by atoms with Crippen molar-refractivity contribution in [1.82, 2.24) is 5.32 Å². The molecule has 0 unspecified atom stereocenters. The summed E-state index contributed by atoms with van der Waals surface area (Å²) in [5.74, 6) is 0.263. The molecule has 0 aliphatic heterocycles. The first-order valence-corrected chi connectivity index (χ1v) is 5.49. The molecule has 17 heavy (non-hydrogen) atoms. The Hall–Kier alpha value is -1.59. The fraction of sp³-hybridized carbons (Fsp3) is 0.417. The van der Waals surface area contributed by atoms with Gasteiger partial charge in [0.2, 0.25) is 5.91 Å². The molecule has 0 aliphatic carbocycles. The molecule has 5 nitrogen and oxygen atoms in total. The first-order chi connectivity index (χ1) is 8.24. The molecular formula is C12H18N2O3. The van der Waals surface area contributed by atoms with Gasteiger partial charge in [-0.3, -0.25) is 4.79 Å². The van der Waals surface area contributed by atoms with Crippen molar-refractivity contribution in [3.63, 3.8) is 0 Å². The monoisotopic (exact) mass is 238 g/mol. The Morgan fingerprint density at radius 1 is 1.24 bits per heavy atom. The van der Waals surface area contributed by atoms with Crippen LogP contribution in [0.1, 0.15) is 10.4 Å². The SMILES string of the molecule is CNCCOCCOc1ccc(C(N)=O)cc1. The van der Waals surface area contributed by atoms with E-state index in [4.69, 9.17) is 15.2 Å². The summed E-state index contributed by atoms with van der Waals surface area (Å²) in [6.07, 6.45) is 0. The highest BCUT2D eigenvalue weighted by Gasteiger charge is 1.99. The molecular weight excluding hydrogens is 220 g/mol. The molecule has 3 N–H and O–H groups in total. The zero-order valence-electron chi connectivity index (χ0n) is 9.94. The lowest BCUT2D eigenvalue weighted by Crippen LogP contribution is -2.16. The van der Waals surface area contributed by atoms with Crippen LogP contribution in [0, 0.1) is 0 Å². The number of carbonyl (C=O) groups is 1. The average Bonchev–Trinajstić information content (AvgIpc) is 2.34. The minimum atomic E-state index is -0.438. The molecule has 0 bridgehead atoms. The molecule has 0 fully saturated rings. The van der Waals surface area contributed by atoms with Crippen molar-refractivity contribution in [1.29, 1.82) is 0 Å². The normalized spacial score (nSPS) is 10.2. The number of ether oxygens (including phenoxy) is 2. The van der Waals surface area contributed by atoms with Gasteiger partial charge in [0.15, 0.2) is 0 Å². The van der Waals surface area contributed by atoms with Crippen LogP contribution in [0.25, 0.3) is 0 Å². The van der Waals surface area contributed by atoms with Gasteiger partial charge >= 0.3 is 0 Å². The van der Waals surface area contributed by atoms with E-state index < -0.39 is 5.91 Å². The number of hydrogen-bond acceptors (Lipinski definition) is 4. The van der Waals surface area contributed by atoms with Gasteiger partial charge in [-0.1, -0.05) is 0 Å². The molecule has 1 amide bonds. The van der Waals surface area contributed by atoms with E-state index in [2.05, 4.69) is 5.32 Å². The van der Waals surface area contributed by atoms with Gasteiger partial charge in [0.1, 0.15) is 12.4 Å². The number of hydrogen-bond donors (Lipinski definition) is 2. The van der Waals surface area contributed by atoms with Crippen LogP contribution in [0.2, 0.25) is 0 Å². The minimum Gasteiger partial charge on any atom is -0.491 e. The Kier molecular flexibility index (Phi) is 6.06. The maximum Gasteiger partial charge on any atom is 0.248 e. The second kappa shape index (κ2) is 7.65. The zero-order chi connectivity index (χ0) is 12.5. The van der Waals surface area contributed by atoms with E-state index in [1.165, 1.54) is 0 Å². The number of likely N-dealkylation sites (N-methyl/N-ethyl adjacent to an activating group) is 1. The quantitative estimate of drug-likeness (QED) is 0.643. The Morgan fingerprint density at radius 2 is 1.94 bits per heavy atom. The van der Waals surface area contributed by atoms with Gasteiger partial charge in [0.25, 0.3) is 0 Å². The third kappa shape index (κ3) is 5.33. The Labute approximate surface area is 101 Å². The van der Waals surface area contributed by atoms with E-state index in [0.717, 1.165) is 6.54 Å². The maximum absolute atomic E-state index is 10.8. The molecule has 1 aromatic carbocycles. The van der Waals surface area contributed by atoms with Crippen LogP contribution in [0.5, 0.6) is 5.75 Å². The van der Waals surface area contributed by atoms with Crippen molar-refractivity contribution >= 4 is 5.91 Å². The number of primary amides is 1. The summed E-state index contributed by atoms with van der Waals surface area (Å²) in [5, 5.41) is 2.98.